The molecule has 0 saturated carbocycles. The number of hydrogen-bond acceptors (Lipinski definition) is 6. The van der Waals surface area contributed by atoms with Crippen LogP contribution >= 0.6 is 0 Å². The largest absolute Gasteiger partial charge is 0.573 e. The number of hydrogen-bond donors (Lipinski definition) is 1. The van der Waals surface area contributed by atoms with Crippen LogP contribution < -0.4 is 4.74 Å². The standard InChI is InChI=1S/C18H13F4NO5S/c1-29(25,26)15-6-5-10(8-13(15)19)16-14(9-24)28-23-17(16)11-3-2-4-12(7-11)27-18(20,21)22/h2-8,24H,9H2,1H3. The van der Waals surface area contributed by atoms with Crippen LogP contribution in [0.1, 0.15) is 5.76 Å². The number of rotatable bonds is 5. The fraction of sp³-hybridized carbons (Fsp3) is 0.167. The van der Waals surface area contributed by atoms with E-state index in [-0.39, 0.29) is 28.1 Å². The molecule has 0 amide bonds. The summed E-state index contributed by atoms with van der Waals surface area (Å²) in [5.41, 5.74) is 0.402. The normalized spacial score (nSPS) is 12.2. The van der Waals surface area contributed by atoms with Gasteiger partial charge in [-0.25, -0.2) is 12.8 Å². The van der Waals surface area contributed by atoms with E-state index in [9.17, 15) is 31.1 Å². The number of aromatic nitrogens is 1. The number of aliphatic hydroxyl groups is 1. The van der Waals surface area contributed by atoms with Crippen molar-refractivity contribution in [2.24, 2.45) is 0 Å². The fourth-order valence-corrected chi connectivity index (χ4v) is 3.45. The summed E-state index contributed by atoms with van der Waals surface area (Å²) in [4.78, 5) is -0.523. The second-order valence-corrected chi connectivity index (χ2v) is 7.96. The molecule has 2 aromatic carbocycles. The van der Waals surface area contributed by atoms with Crippen LogP contribution in [0.25, 0.3) is 22.4 Å². The van der Waals surface area contributed by atoms with Crippen LogP contribution in [-0.2, 0) is 16.4 Å². The first-order chi connectivity index (χ1) is 13.5. The third kappa shape index (κ3) is 4.57. The predicted octanol–water partition coefficient (Wildman–Crippen LogP) is 3.94. The minimum atomic E-state index is -4.90. The zero-order valence-electron chi connectivity index (χ0n) is 14.7. The molecular formula is C18H13F4NO5S. The van der Waals surface area contributed by atoms with Gasteiger partial charge in [-0.15, -0.1) is 13.2 Å². The Hall–Kier alpha value is -2.92. The number of sulfone groups is 1. The van der Waals surface area contributed by atoms with Gasteiger partial charge in [-0.2, -0.15) is 0 Å². The average molecular weight is 431 g/mol. The van der Waals surface area contributed by atoms with Crippen molar-refractivity contribution in [1.29, 1.82) is 0 Å². The topological polar surface area (TPSA) is 89.6 Å². The lowest BCUT2D eigenvalue weighted by molar-refractivity contribution is -0.274. The van der Waals surface area contributed by atoms with Gasteiger partial charge in [-0.1, -0.05) is 23.4 Å². The third-order valence-corrected chi connectivity index (χ3v) is 5.00. The molecule has 0 fully saturated rings. The fourth-order valence-electron chi connectivity index (χ4n) is 2.72. The molecule has 0 saturated heterocycles. The maximum absolute atomic E-state index is 14.3. The summed E-state index contributed by atoms with van der Waals surface area (Å²) < 4.78 is 83.9. The van der Waals surface area contributed by atoms with Gasteiger partial charge in [0.05, 0.1) is 5.56 Å². The highest BCUT2D eigenvalue weighted by Gasteiger charge is 2.31. The SMILES string of the molecule is CS(=O)(=O)c1ccc(-c2c(-c3cccc(OC(F)(F)F)c3)noc2CO)cc1F. The third-order valence-electron chi connectivity index (χ3n) is 3.87. The Kier molecular flexibility index (Phi) is 5.37. The Balaban J connectivity index is 2.13. The quantitative estimate of drug-likeness (QED) is 0.616. The van der Waals surface area contributed by atoms with E-state index in [1.165, 1.54) is 18.2 Å². The van der Waals surface area contributed by atoms with Crippen LogP contribution in [0.4, 0.5) is 17.6 Å². The zero-order chi connectivity index (χ0) is 21.4. The van der Waals surface area contributed by atoms with Crippen LogP contribution in [0.2, 0.25) is 0 Å². The number of aliphatic hydroxyl groups excluding tert-OH is 1. The molecule has 154 valence electrons. The molecule has 1 aromatic heterocycles. The highest BCUT2D eigenvalue weighted by Crippen LogP contribution is 2.37. The van der Waals surface area contributed by atoms with Crippen molar-refractivity contribution in [3.63, 3.8) is 0 Å². The van der Waals surface area contributed by atoms with Crippen molar-refractivity contribution >= 4 is 9.84 Å². The predicted molar refractivity (Wildman–Crippen MR) is 93.0 cm³/mol. The Bertz CT molecular complexity index is 1160. The van der Waals surface area contributed by atoms with Crippen LogP contribution in [0.15, 0.2) is 51.9 Å². The van der Waals surface area contributed by atoms with Gasteiger partial charge >= 0.3 is 6.36 Å². The highest BCUT2D eigenvalue weighted by atomic mass is 32.2. The van der Waals surface area contributed by atoms with Gasteiger partial charge in [-0.05, 0) is 29.8 Å². The zero-order valence-corrected chi connectivity index (χ0v) is 15.5. The summed E-state index contributed by atoms with van der Waals surface area (Å²) >= 11 is 0. The maximum atomic E-state index is 14.3. The molecule has 0 aliphatic heterocycles. The molecule has 29 heavy (non-hydrogen) atoms. The van der Waals surface area contributed by atoms with Gasteiger partial charge in [0.25, 0.3) is 0 Å². The molecule has 0 aliphatic carbocycles. The van der Waals surface area contributed by atoms with E-state index in [4.69, 9.17) is 4.52 Å². The molecule has 0 atom stereocenters. The summed E-state index contributed by atoms with van der Waals surface area (Å²) in [5, 5.41) is 13.3. The van der Waals surface area contributed by atoms with E-state index in [1.54, 1.807) is 0 Å². The minimum absolute atomic E-state index is 0.0215. The van der Waals surface area contributed by atoms with Gasteiger partial charge in [0.1, 0.15) is 28.8 Å². The van der Waals surface area contributed by atoms with Gasteiger partial charge in [0.2, 0.25) is 0 Å². The average Bonchev–Trinajstić information content (AvgIpc) is 3.03. The van der Waals surface area contributed by atoms with Crippen LogP contribution in [-0.4, -0.2) is 31.3 Å². The second kappa shape index (κ2) is 7.48. The van der Waals surface area contributed by atoms with Crippen molar-refractivity contribution in [2.45, 2.75) is 17.9 Å². The maximum Gasteiger partial charge on any atom is 0.573 e. The summed E-state index contributed by atoms with van der Waals surface area (Å²) in [7, 11) is -3.81. The van der Waals surface area contributed by atoms with Gasteiger partial charge in [0, 0.05) is 11.8 Å². The minimum Gasteiger partial charge on any atom is -0.406 e. The number of ether oxygens (including phenoxy) is 1. The van der Waals surface area contributed by atoms with Crippen molar-refractivity contribution in [3.8, 4) is 28.1 Å². The Morgan fingerprint density at radius 1 is 1.14 bits per heavy atom. The first kappa shape index (κ1) is 20.8. The molecule has 0 unspecified atom stereocenters. The molecule has 6 nitrogen and oxygen atoms in total. The molecule has 1 N–H and O–H groups in total. The first-order valence-electron chi connectivity index (χ1n) is 7.95. The van der Waals surface area contributed by atoms with Crippen molar-refractivity contribution in [2.75, 3.05) is 6.26 Å². The summed E-state index contributed by atoms with van der Waals surface area (Å²) in [6.07, 6.45) is -4.05. The van der Waals surface area contributed by atoms with E-state index in [2.05, 4.69) is 9.89 Å². The molecule has 0 spiro atoms. The summed E-state index contributed by atoms with van der Waals surface area (Å²) in [5.74, 6) is -1.61. The van der Waals surface area contributed by atoms with Gasteiger partial charge < -0.3 is 14.4 Å². The Labute approximate surface area is 162 Å². The molecule has 3 rings (SSSR count). The second-order valence-electron chi connectivity index (χ2n) is 5.98. The number of benzene rings is 2. The molecule has 0 radical (unpaired) electrons. The van der Waals surface area contributed by atoms with E-state index >= 15 is 0 Å². The smallest absolute Gasteiger partial charge is 0.406 e. The molecule has 1 heterocycles. The molecule has 0 bridgehead atoms. The molecule has 3 aromatic rings. The lowest BCUT2D eigenvalue weighted by Gasteiger charge is -2.10. The number of alkyl halides is 3. The van der Waals surface area contributed by atoms with E-state index in [0.29, 0.717) is 0 Å². The first-order valence-corrected chi connectivity index (χ1v) is 9.84. The molecule has 11 heteroatoms. The monoisotopic (exact) mass is 431 g/mol. The van der Waals surface area contributed by atoms with Gasteiger partial charge in [-0.3, -0.25) is 0 Å². The van der Waals surface area contributed by atoms with E-state index in [0.717, 1.165) is 30.5 Å². The van der Waals surface area contributed by atoms with Crippen LogP contribution in [0.3, 0.4) is 0 Å². The number of halogens is 4. The number of nitrogens with zero attached hydrogens (tertiary/aromatic N) is 1. The van der Waals surface area contributed by atoms with Crippen molar-refractivity contribution in [3.05, 3.63) is 54.0 Å². The van der Waals surface area contributed by atoms with Crippen molar-refractivity contribution in [1.82, 2.24) is 5.16 Å². The van der Waals surface area contributed by atoms with Crippen LogP contribution in [0, 0.1) is 5.82 Å². The van der Waals surface area contributed by atoms with E-state index < -0.39 is 39.3 Å². The Morgan fingerprint density at radius 2 is 1.86 bits per heavy atom. The van der Waals surface area contributed by atoms with Gasteiger partial charge in [0.15, 0.2) is 15.6 Å². The molecular weight excluding hydrogens is 418 g/mol. The van der Waals surface area contributed by atoms with Crippen molar-refractivity contribution < 1.29 is 40.3 Å². The Morgan fingerprint density at radius 3 is 2.45 bits per heavy atom. The lowest BCUT2D eigenvalue weighted by Crippen LogP contribution is -2.17. The summed E-state index contributed by atoms with van der Waals surface area (Å²) in [6.45, 7) is -0.628. The lowest BCUT2D eigenvalue weighted by atomic mass is 9.99. The van der Waals surface area contributed by atoms with E-state index in [1.807, 2.05) is 0 Å². The highest BCUT2D eigenvalue weighted by molar-refractivity contribution is 7.90. The van der Waals surface area contributed by atoms with Crippen LogP contribution in [0.5, 0.6) is 5.75 Å². The molecule has 0 aliphatic rings. The summed E-state index contributed by atoms with van der Waals surface area (Å²) in [6, 6.07) is 8.10.